The van der Waals surface area contributed by atoms with Crippen LogP contribution in [0.15, 0.2) is 42.7 Å². The number of amides is 1. The molecule has 0 radical (unpaired) electrons. The van der Waals surface area contributed by atoms with E-state index in [1.807, 2.05) is 38.1 Å². The zero-order valence-electron chi connectivity index (χ0n) is 14.2. The van der Waals surface area contributed by atoms with Crippen LogP contribution in [-0.4, -0.2) is 30.0 Å². The van der Waals surface area contributed by atoms with Gasteiger partial charge in [-0.1, -0.05) is 6.07 Å². The molecule has 128 valence electrons. The first-order valence-corrected chi connectivity index (χ1v) is 7.84. The molecular formula is C19H19N3O3. The molecule has 1 heterocycles. The summed E-state index contributed by atoms with van der Waals surface area (Å²) in [6.07, 6.45) is 3.12. The molecule has 0 aliphatic rings. The van der Waals surface area contributed by atoms with Gasteiger partial charge in [-0.2, -0.15) is 5.26 Å². The Hall–Kier alpha value is -3.20. The minimum atomic E-state index is -0.609. The number of benzene rings is 1. The van der Waals surface area contributed by atoms with E-state index in [1.54, 1.807) is 18.3 Å². The summed E-state index contributed by atoms with van der Waals surface area (Å²) in [6.45, 7) is 3.71. The van der Waals surface area contributed by atoms with E-state index >= 15 is 0 Å². The van der Waals surface area contributed by atoms with Gasteiger partial charge in [0.05, 0.1) is 18.1 Å². The van der Waals surface area contributed by atoms with Crippen molar-refractivity contribution in [2.45, 2.75) is 20.3 Å². The third kappa shape index (κ3) is 5.15. The molecule has 1 aromatic carbocycles. The van der Waals surface area contributed by atoms with Gasteiger partial charge in [0.25, 0.3) is 5.91 Å². The lowest BCUT2D eigenvalue weighted by Crippen LogP contribution is -2.35. The van der Waals surface area contributed by atoms with Crippen LogP contribution in [-0.2, 0) is 9.53 Å². The molecule has 6 heteroatoms. The average Bonchev–Trinajstić information content (AvgIpc) is 2.60. The number of nitriles is 1. The van der Waals surface area contributed by atoms with E-state index in [1.165, 1.54) is 11.1 Å². The maximum Gasteiger partial charge on any atom is 0.340 e. The van der Waals surface area contributed by atoms with Crippen LogP contribution in [0.5, 0.6) is 0 Å². The van der Waals surface area contributed by atoms with Crippen LogP contribution in [0.2, 0.25) is 0 Å². The Labute approximate surface area is 146 Å². The van der Waals surface area contributed by atoms with E-state index in [0.29, 0.717) is 5.69 Å². The fourth-order valence-electron chi connectivity index (χ4n) is 2.44. The van der Waals surface area contributed by atoms with Gasteiger partial charge < -0.3 is 9.64 Å². The zero-order chi connectivity index (χ0) is 18.2. The summed E-state index contributed by atoms with van der Waals surface area (Å²) >= 11 is 0. The van der Waals surface area contributed by atoms with Gasteiger partial charge in [-0.25, -0.2) is 4.79 Å². The second-order valence-electron chi connectivity index (χ2n) is 5.62. The number of pyridine rings is 1. The van der Waals surface area contributed by atoms with E-state index in [-0.39, 0.29) is 24.4 Å². The molecule has 2 aromatic rings. The summed E-state index contributed by atoms with van der Waals surface area (Å²) in [4.78, 5) is 29.8. The monoisotopic (exact) mass is 337 g/mol. The van der Waals surface area contributed by atoms with Crippen molar-refractivity contribution in [3.05, 3.63) is 59.4 Å². The van der Waals surface area contributed by atoms with Crippen LogP contribution < -0.4 is 4.90 Å². The number of carbonyl (C=O) groups excluding carboxylic acids is 2. The molecule has 0 atom stereocenters. The fraction of sp³-hybridized carbons (Fsp3) is 0.263. The lowest BCUT2D eigenvalue weighted by molar-refractivity contribution is -0.121. The number of nitrogens with zero attached hydrogens (tertiary/aromatic N) is 3. The van der Waals surface area contributed by atoms with Crippen molar-refractivity contribution in [3.8, 4) is 6.07 Å². The average molecular weight is 337 g/mol. The van der Waals surface area contributed by atoms with Gasteiger partial charge >= 0.3 is 5.97 Å². The van der Waals surface area contributed by atoms with Crippen molar-refractivity contribution >= 4 is 17.6 Å². The molecule has 2 rings (SSSR count). The Morgan fingerprint density at radius 3 is 2.56 bits per heavy atom. The highest BCUT2D eigenvalue weighted by molar-refractivity contribution is 5.97. The highest BCUT2D eigenvalue weighted by atomic mass is 16.5. The molecule has 0 fully saturated rings. The van der Waals surface area contributed by atoms with Crippen molar-refractivity contribution in [1.29, 1.82) is 5.26 Å². The van der Waals surface area contributed by atoms with Crippen LogP contribution in [0.4, 0.5) is 5.69 Å². The molecule has 6 nitrogen and oxygen atoms in total. The number of aryl methyl sites for hydroxylation is 2. The third-order valence-corrected chi connectivity index (χ3v) is 3.49. The van der Waals surface area contributed by atoms with Gasteiger partial charge in [0, 0.05) is 24.6 Å². The van der Waals surface area contributed by atoms with Crippen molar-refractivity contribution in [2.75, 3.05) is 18.1 Å². The zero-order valence-corrected chi connectivity index (χ0v) is 14.2. The van der Waals surface area contributed by atoms with Crippen LogP contribution in [0.25, 0.3) is 0 Å². The quantitative estimate of drug-likeness (QED) is 0.757. The predicted molar refractivity (Wildman–Crippen MR) is 93.0 cm³/mol. The van der Waals surface area contributed by atoms with Crippen LogP contribution in [0.1, 0.15) is 27.9 Å². The lowest BCUT2D eigenvalue weighted by Gasteiger charge is -2.22. The summed E-state index contributed by atoms with van der Waals surface area (Å²) in [7, 11) is 0. The Bertz CT molecular complexity index is 777. The first-order valence-electron chi connectivity index (χ1n) is 7.84. The number of esters is 1. The number of hydrogen-bond donors (Lipinski definition) is 0. The Kier molecular flexibility index (Phi) is 6.24. The number of carbonyl (C=O) groups is 2. The molecule has 0 N–H and O–H groups in total. The summed E-state index contributed by atoms with van der Waals surface area (Å²) < 4.78 is 5.08. The van der Waals surface area contributed by atoms with Crippen LogP contribution in [0, 0.1) is 25.2 Å². The number of anilines is 1. The van der Waals surface area contributed by atoms with Crippen molar-refractivity contribution in [3.63, 3.8) is 0 Å². The smallest absolute Gasteiger partial charge is 0.340 e. The second-order valence-corrected chi connectivity index (χ2v) is 5.62. The van der Waals surface area contributed by atoms with E-state index < -0.39 is 12.6 Å². The molecule has 0 aliphatic heterocycles. The predicted octanol–water partition coefficient (Wildman–Crippen LogP) is 2.80. The van der Waals surface area contributed by atoms with Gasteiger partial charge in [-0.05, 0) is 49.2 Å². The van der Waals surface area contributed by atoms with Crippen molar-refractivity contribution in [1.82, 2.24) is 4.98 Å². The maximum atomic E-state index is 12.5. The molecular weight excluding hydrogens is 318 g/mol. The first kappa shape index (κ1) is 18.1. The van der Waals surface area contributed by atoms with Gasteiger partial charge in [-0.3, -0.25) is 9.78 Å². The molecule has 0 unspecified atom stereocenters. The topological polar surface area (TPSA) is 83.3 Å². The Balaban J connectivity index is 2.10. The molecule has 25 heavy (non-hydrogen) atoms. The largest absolute Gasteiger partial charge is 0.452 e. The Morgan fingerprint density at radius 2 is 1.96 bits per heavy atom. The van der Waals surface area contributed by atoms with Gasteiger partial charge in [0.2, 0.25) is 0 Å². The van der Waals surface area contributed by atoms with Gasteiger partial charge in [0.1, 0.15) is 0 Å². The van der Waals surface area contributed by atoms with Gasteiger partial charge in [-0.15, -0.1) is 0 Å². The summed E-state index contributed by atoms with van der Waals surface area (Å²) in [5.74, 6) is -0.986. The SMILES string of the molecule is Cc1cc(C)cc(N(CCC#N)C(=O)COC(=O)c2cccnc2)c1. The summed E-state index contributed by atoms with van der Waals surface area (Å²) in [5, 5.41) is 8.84. The number of aromatic nitrogens is 1. The van der Waals surface area contributed by atoms with E-state index in [4.69, 9.17) is 10.00 Å². The maximum absolute atomic E-state index is 12.5. The Morgan fingerprint density at radius 1 is 1.24 bits per heavy atom. The highest BCUT2D eigenvalue weighted by Gasteiger charge is 2.18. The molecule has 0 spiro atoms. The first-order chi connectivity index (χ1) is 12.0. The lowest BCUT2D eigenvalue weighted by atomic mass is 10.1. The molecule has 1 aromatic heterocycles. The molecule has 0 saturated carbocycles. The van der Waals surface area contributed by atoms with E-state index in [0.717, 1.165) is 11.1 Å². The number of ether oxygens (including phenoxy) is 1. The molecule has 0 aliphatic carbocycles. The van der Waals surface area contributed by atoms with Crippen LogP contribution >= 0.6 is 0 Å². The molecule has 0 saturated heterocycles. The second kappa shape index (κ2) is 8.60. The molecule has 0 bridgehead atoms. The number of hydrogen-bond acceptors (Lipinski definition) is 5. The summed E-state index contributed by atoms with van der Waals surface area (Å²) in [5.41, 5.74) is 3.00. The number of rotatable bonds is 6. The van der Waals surface area contributed by atoms with E-state index in [2.05, 4.69) is 4.98 Å². The normalized spacial score (nSPS) is 9.96. The van der Waals surface area contributed by atoms with Crippen molar-refractivity contribution in [2.24, 2.45) is 0 Å². The summed E-state index contributed by atoms with van der Waals surface area (Å²) in [6, 6.07) is 10.9. The fourth-order valence-corrected chi connectivity index (χ4v) is 2.44. The minimum Gasteiger partial charge on any atom is -0.452 e. The van der Waals surface area contributed by atoms with Gasteiger partial charge in [0.15, 0.2) is 6.61 Å². The van der Waals surface area contributed by atoms with E-state index in [9.17, 15) is 9.59 Å². The van der Waals surface area contributed by atoms with Crippen LogP contribution in [0.3, 0.4) is 0 Å². The minimum absolute atomic E-state index is 0.190. The van der Waals surface area contributed by atoms with Crippen molar-refractivity contribution < 1.29 is 14.3 Å². The standard InChI is InChI=1S/C19H19N3O3/c1-14-9-15(2)11-17(10-14)22(8-4-6-20)18(23)13-25-19(24)16-5-3-7-21-12-16/h3,5,7,9-12H,4,8,13H2,1-2H3. The third-order valence-electron chi connectivity index (χ3n) is 3.49. The highest BCUT2D eigenvalue weighted by Crippen LogP contribution is 2.19. The molecule has 1 amide bonds.